The highest BCUT2D eigenvalue weighted by molar-refractivity contribution is 5.86. The highest BCUT2D eigenvalue weighted by Crippen LogP contribution is 2.13. The van der Waals surface area contributed by atoms with Crippen molar-refractivity contribution in [1.82, 2.24) is 4.98 Å². The van der Waals surface area contributed by atoms with E-state index in [1.165, 1.54) is 0 Å². The number of rotatable bonds is 5. The number of carboxylic acid groups (broad SMARTS) is 1. The molecular weight excluding hydrogens is 198 g/mol. The van der Waals surface area contributed by atoms with Crippen molar-refractivity contribution in [3.05, 3.63) is 17.3 Å². The van der Waals surface area contributed by atoms with Gasteiger partial charge in [0, 0.05) is 20.1 Å². The topological polar surface area (TPSA) is 72.6 Å². The molecule has 1 N–H and O–H groups in total. The van der Waals surface area contributed by atoms with Crippen molar-refractivity contribution in [2.75, 3.05) is 13.7 Å². The quantitative estimate of drug-likeness (QED) is 0.802. The third kappa shape index (κ3) is 3.06. The minimum Gasteiger partial charge on any atom is -0.476 e. The number of oxazole rings is 1. The molecule has 1 atom stereocenters. The zero-order valence-electron chi connectivity index (χ0n) is 9.11. The summed E-state index contributed by atoms with van der Waals surface area (Å²) in [5.74, 6) is 0.00755. The Morgan fingerprint density at radius 1 is 1.67 bits per heavy atom. The zero-order valence-corrected chi connectivity index (χ0v) is 9.11. The highest BCUT2D eigenvalue weighted by Gasteiger charge is 2.17. The van der Waals surface area contributed by atoms with E-state index >= 15 is 0 Å². The van der Waals surface area contributed by atoms with E-state index in [9.17, 15) is 4.79 Å². The summed E-state index contributed by atoms with van der Waals surface area (Å²) >= 11 is 0. The van der Waals surface area contributed by atoms with Crippen LogP contribution in [0.5, 0.6) is 0 Å². The standard InChI is InChI=1S/C10H15NO4/c1-6(5-14-3)4-8-11-9(10(12)13)7(2)15-8/h6H,4-5H2,1-3H3,(H,12,13). The molecule has 1 aromatic rings. The van der Waals surface area contributed by atoms with Crippen molar-refractivity contribution in [3.63, 3.8) is 0 Å². The fourth-order valence-corrected chi connectivity index (χ4v) is 1.38. The normalized spacial score (nSPS) is 12.7. The molecule has 84 valence electrons. The summed E-state index contributed by atoms with van der Waals surface area (Å²) in [4.78, 5) is 14.6. The van der Waals surface area contributed by atoms with Crippen LogP contribution in [0.1, 0.15) is 29.1 Å². The summed E-state index contributed by atoms with van der Waals surface area (Å²) in [6, 6.07) is 0. The van der Waals surface area contributed by atoms with Gasteiger partial charge in [-0.2, -0.15) is 0 Å². The molecule has 0 aliphatic carbocycles. The van der Waals surface area contributed by atoms with Crippen LogP contribution in [-0.2, 0) is 11.2 Å². The van der Waals surface area contributed by atoms with E-state index in [2.05, 4.69) is 4.98 Å². The summed E-state index contributed by atoms with van der Waals surface area (Å²) in [6.45, 7) is 4.19. The van der Waals surface area contributed by atoms with Crippen molar-refractivity contribution in [2.24, 2.45) is 5.92 Å². The molecule has 0 aromatic carbocycles. The average Bonchev–Trinajstić information content (AvgIpc) is 2.47. The third-order valence-electron chi connectivity index (χ3n) is 2.02. The maximum absolute atomic E-state index is 10.7. The predicted molar refractivity (Wildman–Crippen MR) is 52.9 cm³/mol. The number of carbonyl (C=O) groups is 1. The number of carboxylic acids is 1. The number of ether oxygens (including phenoxy) is 1. The Bertz CT molecular complexity index is 345. The molecule has 0 aliphatic heterocycles. The molecule has 0 amide bonds. The van der Waals surface area contributed by atoms with Gasteiger partial charge < -0.3 is 14.3 Å². The Labute approximate surface area is 88.1 Å². The number of aromatic carboxylic acids is 1. The van der Waals surface area contributed by atoms with Gasteiger partial charge in [-0.05, 0) is 12.8 Å². The van der Waals surface area contributed by atoms with Crippen molar-refractivity contribution >= 4 is 5.97 Å². The fraction of sp³-hybridized carbons (Fsp3) is 0.600. The van der Waals surface area contributed by atoms with Gasteiger partial charge in [0.1, 0.15) is 5.76 Å². The average molecular weight is 213 g/mol. The van der Waals surface area contributed by atoms with E-state index in [-0.39, 0.29) is 11.6 Å². The molecule has 0 aliphatic rings. The van der Waals surface area contributed by atoms with Crippen LogP contribution in [0.3, 0.4) is 0 Å². The SMILES string of the molecule is COCC(C)Cc1nc(C(=O)O)c(C)o1. The molecule has 1 unspecified atom stereocenters. The Morgan fingerprint density at radius 3 is 2.80 bits per heavy atom. The molecule has 5 heteroatoms. The lowest BCUT2D eigenvalue weighted by Gasteiger charge is -2.05. The minimum absolute atomic E-state index is 0.00498. The first kappa shape index (κ1) is 11.7. The molecule has 0 saturated carbocycles. The Morgan fingerprint density at radius 2 is 2.33 bits per heavy atom. The molecule has 15 heavy (non-hydrogen) atoms. The first-order chi connectivity index (χ1) is 7.04. The Kier molecular flexibility index (Phi) is 3.85. The number of hydrogen-bond acceptors (Lipinski definition) is 4. The van der Waals surface area contributed by atoms with Gasteiger partial charge in [-0.15, -0.1) is 0 Å². The zero-order chi connectivity index (χ0) is 11.4. The summed E-state index contributed by atoms with van der Waals surface area (Å²) in [5, 5.41) is 8.77. The van der Waals surface area contributed by atoms with Gasteiger partial charge in [0.25, 0.3) is 0 Å². The van der Waals surface area contributed by atoms with Crippen molar-refractivity contribution in [2.45, 2.75) is 20.3 Å². The monoisotopic (exact) mass is 213 g/mol. The van der Waals surface area contributed by atoms with Crippen LogP contribution in [0.2, 0.25) is 0 Å². The molecular formula is C10H15NO4. The molecule has 0 spiro atoms. The van der Waals surface area contributed by atoms with Gasteiger partial charge >= 0.3 is 5.97 Å². The summed E-state index contributed by atoms with van der Waals surface area (Å²) in [7, 11) is 1.62. The molecule has 0 bridgehead atoms. The van der Waals surface area contributed by atoms with Crippen molar-refractivity contribution < 1.29 is 19.1 Å². The number of nitrogens with zero attached hydrogens (tertiary/aromatic N) is 1. The van der Waals surface area contributed by atoms with Crippen LogP contribution in [-0.4, -0.2) is 29.8 Å². The number of methoxy groups -OCH3 is 1. The second kappa shape index (κ2) is 4.93. The van der Waals surface area contributed by atoms with Crippen LogP contribution in [0.25, 0.3) is 0 Å². The maximum Gasteiger partial charge on any atom is 0.358 e. The molecule has 0 fully saturated rings. The highest BCUT2D eigenvalue weighted by atomic mass is 16.5. The van der Waals surface area contributed by atoms with E-state index in [1.54, 1.807) is 14.0 Å². The predicted octanol–water partition coefficient (Wildman–Crippen LogP) is 1.51. The summed E-state index contributed by atoms with van der Waals surface area (Å²) in [5.41, 5.74) is -0.00498. The molecule has 1 rings (SSSR count). The van der Waals surface area contributed by atoms with Crippen LogP contribution < -0.4 is 0 Å². The maximum atomic E-state index is 10.7. The lowest BCUT2D eigenvalue weighted by molar-refractivity contribution is 0.0689. The van der Waals surface area contributed by atoms with Gasteiger partial charge in [0.15, 0.2) is 11.6 Å². The largest absolute Gasteiger partial charge is 0.476 e. The van der Waals surface area contributed by atoms with E-state index in [0.717, 1.165) is 0 Å². The van der Waals surface area contributed by atoms with Crippen LogP contribution in [0, 0.1) is 12.8 Å². The van der Waals surface area contributed by atoms with E-state index in [0.29, 0.717) is 24.7 Å². The van der Waals surface area contributed by atoms with E-state index in [4.69, 9.17) is 14.3 Å². The molecule has 0 saturated heterocycles. The Balaban J connectivity index is 2.71. The minimum atomic E-state index is -1.05. The molecule has 5 nitrogen and oxygen atoms in total. The third-order valence-corrected chi connectivity index (χ3v) is 2.02. The number of aromatic nitrogens is 1. The van der Waals surface area contributed by atoms with Gasteiger partial charge in [-0.3, -0.25) is 0 Å². The summed E-state index contributed by atoms with van der Waals surface area (Å²) in [6.07, 6.45) is 0.585. The number of hydrogen-bond donors (Lipinski definition) is 1. The molecule has 1 aromatic heterocycles. The summed E-state index contributed by atoms with van der Waals surface area (Å²) < 4.78 is 10.2. The second-order valence-electron chi connectivity index (χ2n) is 3.58. The fourth-order valence-electron chi connectivity index (χ4n) is 1.38. The first-order valence-corrected chi connectivity index (χ1v) is 4.73. The van der Waals surface area contributed by atoms with Crippen molar-refractivity contribution in [3.8, 4) is 0 Å². The smallest absolute Gasteiger partial charge is 0.358 e. The first-order valence-electron chi connectivity index (χ1n) is 4.73. The van der Waals surface area contributed by atoms with E-state index < -0.39 is 5.97 Å². The Hall–Kier alpha value is -1.36. The lowest BCUT2D eigenvalue weighted by Crippen LogP contribution is -2.07. The molecule has 1 heterocycles. The van der Waals surface area contributed by atoms with Crippen LogP contribution in [0.4, 0.5) is 0 Å². The van der Waals surface area contributed by atoms with Gasteiger partial charge in [-0.1, -0.05) is 6.92 Å². The molecule has 0 radical (unpaired) electrons. The van der Waals surface area contributed by atoms with Crippen LogP contribution in [0.15, 0.2) is 4.42 Å². The van der Waals surface area contributed by atoms with Crippen molar-refractivity contribution in [1.29, 1.82) is 0 Å². The van der Waals surface area contributed by atoms with Crippen LogP contribution >= 0.6 is 0 Å². The second-order valence-corrected chi connectivity index (χ2v) is 3.58. The number of aryl methyl sites for hydroxylation is 1. The lowest BCUT2D eigenvalue weighted by atomic mass is 10.1. The van der Waals surface area contributed by atoms with Gasteiger partial charge in [0.2, 0.25) is 0 Å². The van der Waals surface area contributed by atoms with Gasteiger partial charge in [-0.25, -0.2) is 9.78 Å². The van der Waals surface area contributed by atoms with Gasteiger partial charge in [0.05, 0.1) is 0 Å². The van der Waals surface area contributed by atoms with E-state index in [1.807, 2.05) is 6.92 Å².